The fourth-order valence-corrected chi connectivity index (χ4v) is 4.33. The van der Waals surface area contributed by atoms with Crippen LogP contribution in [0.15, 0.2) is 60.7 Å². The van der Waals surface area contributed by atoms with Gasteiger partial charge in [0.15, 0.2) is 11.6 Å². The second kappa shape index (κ2) is 10.2. The van der Waals surface area contributed by atoms with Crippen LogP contribution in [0.4, 0.5) is 13.2 Å². The van der Waals surface area contributed by atoms with Crippen molar-refractivity contribution in [3.05, 3.63) is 89.0 Å². The van der Waals surface area contributed by atoms with Crippen LogP contribution in [0.5, 0.6) is 5.75 Å². The molecule has 3 aromatic rings. The number of halogens is 3. The molecule has 0 saturated carbocycles. The Kier molecular flexibility index (Phi) is 7.15. The molecule has 0 aliphatic carbocycles. The van der Waals surface area contributed by atoms with E-state index in [2.05, 4.69) is 35.9 Å². The summed E-state index contributed by atoms with van der Waals surface area (Å²) in [5.41, 5.74) is 4.06. The maximum Gasteiger partial charge on any atom is 0.228 e. The lowest BCUT2D eigenvalue weighted by Crippen LogP contribution is -2.19. The fourth-order valence-electron chi connectivity index (χ4n) is 4.33. The zero-order valence-corrected chi connectivity index (χ0v) is 18.1. The molecule has 5 heteroatoms. The minimum atomic E-state index is -1.12. The van der Waals surface area contributed by atoms with Gasteiger partial charge >= 0.3 is 0 Å². The van der Waals surface area contributed by atoms with Crippen molar-refractivity contribution >= 4 is 0 Å². The van der Waals surface area contributed by atoms with Crippen molar-refractivity contribution in [3.63, 3.8) is 0 Å². The van der Waals surface area contributed by atoms with Gasteiger partial charge in [0, 0.05) is 11.5 Å². The van der Waals surface area contributed by atoms with E-state index in [4.69, 9.17) is 4.74 Å². The third-order valence-electron chi connectivity index (χ3n) is 6.08. The Morgan fingerprint density at radius 2 is 1.69 bits per heavy atom. The molecule has 1 heterocycles. The Bertz CT molecular complexity index is 1040. The Labute approximate surface area is 187 Å². The molecule has 1 aliphatic rings. The van der Waals surface area contributed by atoms with Crippen LogP contribution in [-0.2, 0) is 11.2 Å². The van der Waals surface area contributed by atoms with Gasteiger partial charge in [-0.2, -0.15) is 0 Å². The summed E-state index contributed by atoms with van der Waals surface area (Å²) >= 11 is 0. The molecule has 32 heavy (non-hydrogen) atoms. The van der Waals surface area contributed by atoms with Gasteiger partial charge in [0.25, 0.3) is 0 Å². The van der Waals surface area contributed by atoms with E-state index in [-0.39, 0.29) is 17.4 Å². The number of rotatable bonds is 7. The number of hydrogen-bond donors (Lipinski definition) is 0. The molecule has 1 aliphatic heterocycles. The molecule has 0 aromatic heterocycles. The molecular formula is C27H27F3O2. The second-order valence-corrected chi connectivity index (χ2v) is 8.23. The molecule has 3 aromatic carbocycles. The van der Waals surface area contributed by atoms with Crippen LogP contribution in [-0.4, -0.2) is 13.5 Å². The zero-order chi connectivity index (χ0) is 22.5. The molecule has 4 rings (SSSR count). The lowest BCUT2D eigenvalue weighted by Gasteiger charge is -2.30. The molecule has 168 valence electrons. The van der Waals surface area contributed by atoms with Crippen LogP contribution in [0, 0.1) is 11.6 Å². The van der Waals surface area contributed by atoms with E-state index >= 15 is 0 Å². The van der Waals surface area contributed by atoms with Crippen LogP contribution in [0.3, 0.4) is 0 Å². The van der Waals surface area contributed by atoms with Gasteiger partial charge in [0.1, 0.15) is 5.82 Å². The highest BCUT2D eigenvalue weighted by Gasteiger charge is 2.25. The summed E-state index contributed by atoms with van der Waals surface area (Å²) in [4.78, 5) is 0. The first-order chi connectivity index (χ1) is 15.6. The average Bonchev–Trinajstić information content (AvgIpc) is 2.81. The van der Waals surface area contributed by atoms with Crippen molar-refractivity contribution < 1.29 is 22.6 Å². The highest BCUT2D eigenvalue weighted by atomic mass is 19.1. The van der Waals surface area contributed by atoms with Gasteiger partial charge in [0.2, 0.25) is 6.86 Å². The molecule has 0 N–H and O–H groups in total. The molecule has 2 atom stereocenters. The van der Waals surface area contributed by atoms with E-state index in [0.717, 1.165) is 37.3 Å². The number of aryl methyl sites for hydroxylation is 1. The monoisotopic (exact) mass is 440 g/mol. The summed E-state index contributed by atoms with van der Waals surface area (Å²) in [7, 11) is 0. The highest BCUT2D eigenvalue weighted by Crippen LogP contribution is 2.37. The lowest BCUT2D eigenvalue weighted by atomic mass is 9.88. The largest absolute Gasteiger partial charge is 0.460 e. The fraction of sp³-hybridized carbons (Fsp3) is 0.333. The second-order valence-electron chi connectivity index (χ2n) is 8.23. The van der Waals surface area contributed by atoms with Gasteiger partial charge in [-0.1, -0.05) is 55.8 Å². The number of hydrogen-bond acceptors (Lipinski definition) is 2. The van der Waals surface area contributed by atoms with Gasteiger partial charge in [-0.05, 0) is 59.7 Å². The molecule has 0 spiro atoms. The van der Waals surface area contributed by atoms with E-state index in [0.29, 0.717) is 18.1 Å². The topological polar surface area (TPSA) is 18.5 Å². The van der Waals surface area contributed by atoms with E-state index in [1.807, 2.05) is 6.07 Å². The third kappa shape index (κ3) is 4.99. The predicted octanol–water partition coefficient (Wildman–Crippen LogP) is 7.53. The molecule has 0 bridgehead atoms. The molecule has 2 unspecified atom stereocenters. The van der Waals surface area contributed by atoms with Gasteiger partial charge < -0.3 is 9.47 Å². The molecule has 0 radical (unpaired) electrons. The molecule has 2 nitrogen and oxygen atoms in total. The van der Waals surface area contributed by atoms with Gasteiger partial charge in [-0.15, -0.1) is 0 Å². The van der Waals surface area contributed by atoms with Crippen LogP contribution < -0.4 is 4.74 Å². The molecule has 1 fully saturated rings. The summed E-state index contributed by atoms with van der Waals surface area (Å²) in [6.45, 7) is 1.66. The quantitative estimate of drug-likeness (QED) is 0.378. The van der Waals surface area contributed by atoms with Crippen molar-refractivity contribution in [3.8, 4) is 16.9 Å². The maximum absolute atomic E-state index is 14.8. The van der Waals surface area contributed by atoms with Crippen molar-refractivity contribution in [1.82, 2.24) is 0 Å². The van der Waals surface area contributed by atoms with E-state index in [1.165, 1.54) is 29.3 Å². The van der Waals surface area contributed by atoms with E-state index in [1.54, 1.807) is 6.07 Å². The Morgan fingerprint density at radius 3 is 2.31 bits per heavy atom. The van der Waals surface area contributed by atoms with Gasteiger partial charge in [-0.25, -0.2) is 13.2 Å². The van der Waals surface area contributed by atoms with Crippen molar-refractivity contribution in [2.75, 3.05) is 13.5 Å². The number of benzene rings is 3. The summed E-state index contributed by atoms with van der Waals surface area (Å²) in [5.74, 6) is -1.02. The third-order valence-corrected chi connectivity index (χ3v) is 6.08. The predicted molar refractivity (Wildman–Crippen MR) is 120 cm³/mol. The Hall–Kier alpha value is -2.79. The minimum absolute atomic E-state index is 0.161. The van der Waals surface area contributed by atoms with E-state index in [9.17, 15) is 13.2 Å². The lowest BCUT2D eigenvalue weighted by molar-refractivity contribution is 0.00223. The molecule has 0 amide bonds. The first kappa shape index (κ1) is 22.4. The van der Waals surface area contributed by atoms with Gasteiger partial charge in [0.05, 0.1) is 12.7 Å². The zero-order valence-electron chi connectivity index (χ0n) is 18.1. The first-order valence-corrected chi connectivity index (χ1v) is 11.1. The van der Waals surface area contributed by atoms with Gasteiger partial charge in [-0.3, -0.25) is 0 Å². The summed E-state index contributed by atoms with van der Waals surface area (Å²) < 4.78 is 51.8. The summed E-state index contributed by atoms with van der Waals surface area (Å²) in [6, 6.07) is 17.7. The van der Waals surface area contributed by atoms with Crippen LogP contribution in [0.25, 0.3) is 11.1 Å². The van der Waals surface area contributed by atoms with Crippen LogP contribution >= 0.6 is 0 Å². The number of ether oxygens (including phenoxy) is 2. The highest BCUT2D eigenvalue weighted by molar-refractivity contribution is 5.65. The van der Waals surface area contributed by atoms with Crippen molar-refractivity contribution in [2.45, 2.75) is 44.6 Å². The Balaban J connectivity index is 1.42. The average molecular weight is 441 g/mol. The van der Waals surface area contributed by atoms with E-state index < -0.39 is 18.5 Å². The van der Waals surface area contributed by atoms with Crippen LogP contribution in [0.1, 0.15) is 54.9 Å². The van der Waals surface area contributed by atoms with Crippen LogP contribution in [0.2, 0.25) is 0 Å². The molecule has 1 saturated heterocycles. The SMILES string of the molecule is CCCc1ccc(C2CCC(c3ccc(-c4ccc(OCF)c(F)c4)c(F)c3)OC2)cc1. The first-order valence-electron chi connectivity index (χ1n) is 11.1. The minimum Gasteiger partial charge on any atom is -0.460 e. The summed E-state index contributed by atoms with van der Waals surface area (Å²) in [6.07, 6.45) is 3.85. The van der Waals surface area contributed by atoms with Crippen molar-refractivity contribution in [2.24, 2.45) is 0 Å². The summed E-state index contributed by atoms with van der Waals surface area (Å²) in [5, 5.41) is 0. The maximum atomic E-state index is 14.8. The molecular weight excluding hydrogens is 413 g/mol. The normalized spacial score (nSPS) is 18.5. The Morgan fingerprint density at radius 1 is 0.906 bits per heavy atom. The van der Waals surface area contributed by atoms with Crippen molar-refractivity contribution in [1.29, 1.82) is 0 Å². The standard InChI is InChI=1S/C27H27F3O2/c1-2-3-18-4-6-19(7-5-18)22-10-12-26(31-16-22)21-8-11-23(24(29)15-21)20-9-13-27(32-17-28)25(30)14-20/h4-9,11,13-15,22,26H,2-3,10,12,16-17H2,1H3. The smallest absolute Gasteiger partial charge is 0.228 e. The number of alkyl halides is 1.